The summed E-state index contributed by atoms with van der Waals surface area (Å²) in [5.41, 5.74) is 0.362. The first-order valence-corrected chi connectivity index (χ1v) is 3.62. The molecule has 0 amide bonds. The van der Waals surface area contributed by atoms with Gasteiger partial charge in [-0.15, -0.1) is 6.58 Å². The Balaban J connectivity index is 3.93. The quantitative estimate of drug-likeness (QED) is 0.272. The zero-order valence-electron chi connectivity index (χ0n) is 7.50. The highest BCUT2D eigenvalue weighted by molar-refractivity contribution is 5.87. The van der Waals surface area contributed by atoms with Crippen LogP contribution in [0.2, 0.25) is 0 Å². The van der Waals surface area contributed by atoms with Crippen molar-refractivity contribution in [3.63, 3.8) is 0 Å². The van der Waals surface area contributed by atoms with Crippen LogP contribution in [-0.2, 0) is 14.3 Å². The number of ether oxygens (including phenoxy) is 2. The Hall–Kier alpha value is -1.09. The molecule has 0 fully saturated rings. The third-order valence-corrected chi connectivity index (χ3v) is 1.21. The molecule has 3 nitrogen and oxygen atoms in total. The van der Waals surface area contributed by atoms with Crippen molar-refractivity contribution in [1.29, 1.82) is 0 Å². The SMILES string of the molecule is C=CCC(OC)OC(=O)C(=C)C. The molecule has 0 radical (unpaired) electrons. The van der Waals surface area contributed by atoms with Gasteiger partial charge in [0.2, 0.25) is 6.29 Å². The van der Waals surface area contributed by atoms with Crippen LogP contribution >= 0.6 is 0 Å². The normalized spacial score (nSPS) is 11.8. The highest BCUT2D eigenvalue weighted by Gasteiger charge is 2.11. The maximum absolute atomic E-state index is 11.0. The minimum atomic E-state index is -0.549. The summed E-state index contributed by atoms with van der Waals surface area (Å²) < 4.78 is 9.73. The van der Waals surface area contributed by atoms with Crippen molar-refractivity contribution in [2.75, 3.05) is 7.11 Å². The van der Waals surface area contributed by atoms with Gasteiger partial charge < -0.3 is 9.47 Å². The van der Waals surface area contributed by atoms with Gasteiger partial charge in [0.25, 0.3) is 0 Å². The van der Waals surface area contributed by atoms with Gasteiger partial charge in [-0.25, -0.2) is 4.79 Å². The van der Waals surface area contributed by atoms with E-state index < -0.39 is 12.3 Å². The lowest BCUT2D eigenvalue weighted by atomic mass is 10.3. The Morgan fingerprint density at radius 2 is 2.25 bits per heavy atom. The van der Waals surface area contributed by atoms with Crippen LogP contribution in [-0.4, -0.2) is 19.4 Å². The fourth-order valence-corrected chi connectivity index (χ4v) is 0.549. The zero-order valence-corrected chi connectivity index (χ0v) is 7.50. The van der Waals surface area contributed by atoms with Crippen LogP contribution < -0.4 is 0 Å². The molecule has 0 aliphatic carbocycles. The minimum Gasteiger partial charge on any atom is -0.432 e. The largest absolute Gasteiger partial charge is 0.432 e. The Morgan fingerprint density at radius 3 is 2.58 bits per heavy atom. The Labute approximate surface area is 72.7 Å². The van der Waals surface area contributed by atoms with Gasteiger partial charge in [-0.3, -0.25) is 0 Å². The molecule has 0 bridgehead atoms. The molecule has 0 aliphatic rings. The average molecular weight is 170 g/mol. The van der Waals surface area contributed by atoms with Gasteiger partial charge in [-0.1, -0.05) is 12.7 Å². The van der Waals surface area contributed by atoms with E-state index in [1.54, 1.807) is 13.0 Å². The lowest BCUT2D eigenvalue weighted by Gasteiger charge is -2.13. The molecular weight excluding hydrogens is 156 g/mol. The van der Waals surface area contributed by atoms with E-state index >= 15 is 0 Å². The number of esters is 1. The monoisotopic (exact) mass is 170 g/mol. The van der Waals surface area contributed by atoms with E-state index in [-0.39, 0.29) is 0 Å². The molecule has 0 saturated heterocycles. The van der Waals surface area contributed by atoms with E-state index in [4.69, 9.17) is 9.47 Å². The predicted octanol–water partition coefficient (Wildman–Crippen LogP) is 1.65. The van der Waals surface area contributed by atoms with Gasteiger partial charge in [0.15, 0.2) is 0 Å². The van der Waals surface area contributed by atoms with Crippen LogP contribution in [0.15, 0.2) is 24.8 Å². The summed E-state index contributed by atoms with van der Waals surface area (Å²) in [5, 5.41) is 0. The molecule has 1 unspecified atom stereocenters. The fourth-order valence-electron chi connectivity index (χ4n) is 0.549. The Morgan fingerprint density at radius 1 is 1.67 bits per heavy atom. The number of hydrogen-bond donors (Lipinski definition) is 0. The lowest BCUT2D eigenvalue weighted by molar-refractivity contribution is -0.167. The third-order valence-electron chi connectivity index (χ3n) is 1.21. The fraction of sp³-hybridized carbons (Fsp3) is 0.444. The van der Waals surface area contributed by atoms with E-state index in [0.29, 0.717) is 12.0 Å². The van der Waals surface area contributed by atoms with Crippen molar-refractivity contribution in [2.24, 2.45) is 0 Å². The molecule has 68 valence electrons. The molecule has 0 rings (SSSR count). The molecule has 12 heavy (non-hydrogen) atoms. The minimum absolute atomic E-state index is 0.362. The number of carbonyl (C=O) groups is 1. The van der Waals surface area contributed by atoms with Gasteiger partial charge >= 0.3 is 5.97 Å². The molecular formula is C9H14O3. The van der Waals surface area contributed by atoms with Crippen molar-refractivity contribution in [3.05, 3.63) is 24.8 Å². The number of hydrogen-bond acceptors (Lipinski definition) is 3. The summed E-state index contributed by atoms with van der Waals surface area (Å²) in [6.07, 6.45) is 1.56. The second-order valence-corrected chi connectivity index (χ2v) is 2.38. The topological polar surface area (TPSA) is 35.5 Å². The van der Waals surface area contributed by atoms with Gasteiger partial charge in [0.1, 0.15) is 0 Å². The van der Waals surface area contributed by atoms with Gasteiger partial charge in [-0.2, -0.15) is 0 Å². The van der Waals surface area contributed by atoms with Crippen molar-refractivity contribution >= 4 is 5.97 Å². The summed E-state index contributed by atoms with van der Waals surface area (Å²) in [7, 11) is 1.47. The maximum atomic E-state index is 11.0. The molecule has 0 saturated carbocycles. The van der Waals surface area contributed by atoms with Crippen molar-refractivity contribution in [1.82, 2.24) is 0 Å². The standard InChI is InChI=1S/C9H14O3/c1-5-6-8(11-4)12-9(10)7(2)3/h5,8H,1-2,6H2,3-4H3. The summed E-state index contributed by atoms with van der Waals surface area (Å²) in [5.74, 6) is -0.441. The second kappa shape index (κ2) is 5.55. The van der Waals surface area contributed by atoms with E-state index in [1.165, 1.54) is 7.11 Å². The molecule has 0 aromatic rings. The van der Waals surface area contributed by atoms with E-state index in [9.17, 15) is 4.79 Å². The van der Waals surface area contributed by atoms with Crippen LogP contribution in [0.5, 0.6) is 0 Å². The van der Waals surface area contributed by atoms with Crippen LogP contribution in [0.4, 0.5) is 0 Å². The smallest absolute Gasteiger partial charge is 0.335 e. The van der Waals surface area contributed by atoms with Crippen molar-refractivity contribution in [3.8, 4) is 0 Å². The molecule has 1 atom stereocenters. The molecule has 0 spiro atoms. The molecule has 3 heteroatoms. The summed E-state index contributed by atoms with van der Waals surface area (Å²) >= 11 is 0. The zero-order chi connectivity index (χ0) is 9.56. The highest BCUT2D eigenvalue weighted by Crippen LogP contribution is 2.03. The molecule has 0 aliphatic heterocycles. The molecule has 0 aromatic heterocycles. The second-order valence-electron chi connectivity index (χ2n) is 2.38. The first-order chi connectivity index (χ1) is 5.61. The van der Waals surface area contributed by atoms with Gasteiger partial charge in [-0.05, 0) is 6.92 Å². The van der Waals surface area contributed by atoms with Crippen LogP contribution in [0.25, 0.3) is 0 Å². The van der Waals surface area contributed by atoms with Gasteiger partial charge in [0.05, 0.1) is 0 Å². The predicted molar refractivity (Wildman–Crippen MR) is 46.5 cm³/mol. The number of rotatable bonds is 5. The Kier molecular flexibility index (Phi) is 5.04. The van der Waals surface area contributed by atoms with Crippen LogP contribution in [0, 0.1) is 0 Å². The highest BCUT2D eigenvalue weighted by atomic mass is 16.7. The summed E-state index contributed by atoms with van der Waals surface area (Å²) in [6, 6.07) is 0. The Bertz CT molecular complexity index is 184. The maximum Gasteiger partial charge on any atom is 0.335 e. The van der Waals surface area contributed by atoms with E-state index in [1.807, 2.05) is 0 Å². The summed E-state index contributed by atoms with van der Waals surface area (Å²) in [6.45, 7) is 8.54. The van der Waals surface area contributed by atoms with E-state index in [2.05, 4.69) is 13.2 Å². The van der Waals surface area contributed by atoms with Crippen LogP contribution in [0.3, 0.4) is 0 Å². The molecule has 0 N–H and O–H groups in total. The summed E-state index contributed by atoms with van der Waals surface area (Å²) in [4.78, 5) is 11.0. The van der Waals surface area contributed by atoms with Crippen molar-refractivity contribution < 1.29 is 14.3 Å². The number of carbonyl (C=O) groups excluding carboxylic acids is 1. The van der Waals surface area contributed by atoms with Gasteiger partial charge in [0, 0.05) is 19.1 Å². The molecule has 0 aromatic carbocycles. The molecule has 0 heterocycles. The first kappa shape index (κ1) is 10.9. The van der Waals surface area contributed by atoms with Crippen LogP contribution in [0.1, 0.15) is 13.3 Å². The average Bonchev–Trinajstić information content (AvgIpc) is 2.03. The van der Waals surface area contributed by atoms with Crippen molar-refractivity contribution in [2.45, 2.75) is 19.6 Å². The third kappa shape index (κ3) is 3.93. The number of methoxy groups -OCH3 is 1. The lowest BCUT2D eigenvalue weighted by Crippen LogP contribution is -2.19. The first-order valence-electron chi connectivity index (χ1n) is 3.62. The van der Waals surface area contributed by atoms with E-state index in [0.717, 1.165) is 0 Å².